The summed E-state index contributed by atoms with van der Waals surface area (Å²) in [6, 6.07) is 13.8. The van der Waals surface area contributed by atoms with Crippen molar-refractivity contribution in [2.24, 2.45) is 0 Å². The number of benzene rings is 2. The highest BCUT2D eigenvalue weighted by atomic mass is 16.5. The number of ether oxygens (including phenoxy) is 2. The second-order valence-corrected chi connectivity index (χ2v) is 7.25. The van der Waals surface area contributed by atoms with Crippen LogP contribution in [0.15, 0.2) is 48.0 Å². The Morgan fingerprint density at radius 2 is 1.88 bits per heavy atom. The molecule has 1 heterocycles. The lowest BCUT2D eigenvalue weighted by Gasteiger charge is -2.17. The van der Waals surface area contributed by atoms with Crippen molar-refractivity contribution in [1.82, 2.24) is 0 Å². The molecule has 0 aliphatic carbocycles. The van der Waals surface area contributed by atoms with Gasteiger partial charge in [0.1, 0.15) is 5.60 Å². The molecule has 2 aromatic carbocycles. The van der Waals surface area contributed by atoms with Crippen LogP contribution in [0.3, 0.4) is 0 Å². The van der Waals surface area contributed by atoms with Crippen LogP contribution in [0.1, 0.15) is 43.9 Å². The van der Waals surface area contributed by atoms with Gasteiger partial charge in [-0.2, -0.15) is 0 Å². The van der Waals surface area contributed by atoms with Gasteiger partial charge in [0, 0.05) is 12.0 Å². The first kappa shape index (κ1) is 18.1. The van der Waals surface area contributed by atoms with Crippen LogP contribution in [0.4, 0.5) is 0 Å². The molecule has 0 fully saturated rings. The van der Waals surface area contributed by atoms with E-state index in [-0.39, 0.29) is 12.0 Å². The van der Waals surface area contributed by atoms with E-state index < -0.39 is 5.97 Å². The summed E-state index contributed by atoms with van der Waals surface area (Å²) in [6.45, 7) is 5.98. The number of hydrogen-bond acceptors (Lipinski definition) is 3. The Kier molecular flexibility index (Phi) is 4.77. The van der Waals surface area contributed by atoms with Crippen molar-refractivity contribution in [1.29, 1.82) is 0 Å². The molecule has 0 unspecified atom stereocenters. The minimum absolute atomic E-state index is 0.00468. The number of carboxylic acids is 1. The quantitative estimate of drug-likeness (QED) is 0.847. The zero-order valence-corrected chi connectivity index (χ0v) is 15.6. The van der Waals surface area contributed by atoms with Crippen LogP contribution in [0.5, 0.6) is 11.5 Å². The smallest absolute Gasteiger partial charge is 0.307 e. The molecular formula is C22H24O4. The number of carboxylic acid groups (broad SMARTS) is 1. The molecule has 4 nitrogen and oxygen atoms in total. The third-order valence-electron chi connectivity index (χ3n) is 4.60. The first-order valence-corrected chi connectivity index (χ1v) is 8.68. The number of methoxy groups -OCH3 is 1. The Morgan fingerprint density at radius 1 is 1.19 bits per heavy atom. The molecule has 1 aliphatic heterocycles. The van der Waals surface area contributed by atoms with E-state index in [2.05, 4.69) is 0 Å². The first-order chi connectivity index (χ1) is 12.3. The largest absolute Gasteiger partial charge is 0.493 e. The highest BCUT2D eigenvalue weighted by Crippen LogP contribution is 2.46. The highest BCUT2D eigenvalue weighted by molar-refractivity contribution is 5.88. The number of carbonyl (C=O) groups is 1. The second-order valence-electron chi connectivity index (χ2n) is 7.25. The van der Waals surface area contributed by atoms with E-state index in [1.165, 1.54) is 0 Å². The summed E-state index contributed by atoms with van der Waals surface area (Å²) in [6.07, 6.45) is 0.737. The standard InChI is InChI=1S/C22H24O4/c1-14(12-19(23)24)20(15-8-6-5-7-9-15)16-10-11-18(25-4)21-17(16)13-22(2,3)26-21/h5-11H,12-13H2,1-4H3,(H,23,24)/b20-14-. The van der Waals surface area contributed by atoms with Crippen LogP contribution in [-0.4, -0.2) is 23.8 Å². The molecule has 4 heteroatoms. The van der Waals surface area contributed by atoms with Crippen LogP contribution in [0.2, 0.25) is 0 Å². The maximum absolute atomic E-state index is 11.3. The first-order valence-electron chi connectivity index (χ1n) is 8.68. The van der Waals surface area contributed by atoms with Crippen molar-refractivity contribution < 1.29 is 19.4 Å². The average Bonchev–Trinajstić information content (AvgIpc) is 2.91. The molecule has 0 bridgehead atoms. The minimum atomic E-state index is -0.835. The fourth-order valence-corrected chi connectivity index (χ4v) is 3.58. The van der Waals surface area contributed by atoms with Crippen LogP contribution in [-0.2, 0) is 11.2 Å². The number of hydrogen-bond donors (Lipinski definition) is 1. The average molecular weight is 352 g/mol. The third kappa shape index (κ3) is 3.45. The normalized spacial score (nSPS) is 15.7. The van der Waals surface area contributed by atoms with Crippen LogP contribution in [0, 0.1) is 0 Å². The van der Waals surface area contributed by atoms with Gasteiger partial charge in [0.05, 0.1) is 13.5 Å². The number of fused-ring (bicyclic) bond motifs is 1. The van der Waals surface area contributed by atoms with E-state index in [0.29, 0.717) is 5.75 Å². The van der Waals surface area contributed by atoms with E-state index in [1.54, 1.807) is 7.11 Å². The molecule has 26 heavy (non-hydrogen) atoms. The zero-order valence-electron chi connectivity index (χ0n) is 15.6. The van der Waals surface area contributed by atoms with Crippen molar-refractivity contribution in [3.05, 3.63) is 64.7 Å². The molecule has 3 rings (SSSR count). The summed E-state index contributed by atoms with van der Waals surface area (Å²) in [5.41, 5.74) is 4.53. The molecular weight excluding hydrogens is 328 g/mol. The van der Waals surface area contributed by atoms with Gasteiger partial charge in [-0.1, -0.05) is 42.0 Å². The molecule has 0 saturated carbocycles. The Hall–Kier alpha value is -2.75. The van der Waals surface area contributed by atoms with E-state index in [1.807, 2.05) is 63.2 Å². The van der Waals surface area contributed by atoms with Gasteiger partial charge in [0.15, 0.2) is 11.5 Å². The fraction of sp³-hybridized carbons (Fsp3) is 0.318. The molecule has 2 aromatic rings. The zero-order chi connectivity index (χ0) is 18.9. The molecule has 136 valence electrons. The summed E-state index contributed by atoms with van der Waals surface area (Å²) in [5, 5.41) is 9.31. The molecule has 0 aromatic heterocycles. The lowest BCUT2D eigenvalue weighted by Crippen LogP contribution is -2.24. The monoisotopic (exact) mass is 352 g/mol. The number of rotatable bonds is 5. The molecule has 1 N–H and O–H groups in total. The van der Waals surface area contributed by atoms with Gasteiger partial charge in [0.25, 0.3) is 0 Å². The van der Waals surface area contributed by atoms with Gasteiger partial charge in [-0.25, -0.2) is 0 Å². The van der Waals surface area contributed by atoms with Crippen LogP contribution < -0.4 is 9.47 Å². The summed E-state index contributed by atoms with van der Waals surface area (Å²) in [5.74, 6) is 0.627. The lowest BCUT2D eigenvalue weighted by atomic mass is 9.86. The summed E-state index contributed by atoms with van der Waals surface area (Å²) in [4.78, 5) is 11.3. The van der Waals surface area contributed by atoms with Gasteiger partial charge in [-0.3, -0.25) is 4.79 Å². The van der Waals surface area contributed by atoms with Crippen molar-refractivity contribution in [3.8, 4) is 11.5 Å². The highest BCUT2D eigenvalue weighted by Gasteiger charge is 2.35. The fourth-order valence-electron chi connectivity index (χ4n) is 3.58. The van der Waals surface area contributed by atoms with E-state index in [4.69, 9.17) is 9.47 Å². The maximum atomic E-state index is 11.3. The van der Waals surface area contributed by atoms with Crippen molar-refractivity contribution >= 4 is 11.5 Å². The molecule has 0 spiro atoms. The van der Waals surface area contributed by atoms with Gasteiger partial charge in [0.2, 0.25) is 0 Å². The van der Waals surface area contributed by atoms with Crippen molar-refractivity contribution in [2.75, 3.05) is 7.11 Å². The SMILES string of the molecule is COc1ccc(/C(=C(/C)CC(=O)O)c2ccccc2)c2c1OC(C)(C)C2. The Labute approximate surface area is 154 Å². The summed E-state index contributed by atoms with van der Waals surface area (Å²) < 4.78 is 11.6. The molecule has 0 atom stereocenters. The van der Waals surface area contributed by atoms with E-state index in [0.717, 1.165) is 40.0 Å². The Balaban J connectivity index is 2.24. The summed E-state index contributed by atoms with van der Waals surface area (Å²) >= 11 is 0. The van der Waals surface area contributed by atoms with Gasteiger partial charge in [-0.05, 0) is 43.5 Å². The Morgan fingerprint density at radius 3 is 2.50 bits per heavy atom. The molecule has 0 saturated heterocycles. The predicted molar refractivity (Wildman–Crippen MR) is 102 cm³/mol. The maximum Gasteiger partial charge on any atom is 0.307 e. The lowest BCUT2D eigenvalue weighted by molar-refractivity contribution is -0.136. The third-order valence-corrected chi connectivity index (χ3v) is 4.60. The molecule has 0 amide bonds. The van der Waals surface area contributed by atoms with Crippen LogP contribution >= 0.6 is 0 Å². The van der Waals surface area contributed by atoms with Crippen molar-refractivity contribution in [3.63, 3.8) is 0 Å². The number of aliphatic carboxylic acids is 1. The predicted octanol–water partition coefficient (Wildman–Crippen LogP) is 4.71. The molecule has 0 radical (unpaired) electrons. The van der Waals surface area contributed by atoms with Crippen molar-refractivity contribution in [2.45, 2.75) is 39.2 Å². The van der Waals surface area contributed by atoms with Crippen LogP contribution in [0.25, 0.3) is 5.57 Å². The second kappa shape index (κ2) is 6.87. The Bertz CT molecular complexity index is 863. The van der Waals surface area contributed by atoms with E-state index >= 15 is 0 Å². The minimum Gasteiger partial charge on any atom is -0.493 e. The molecule has 1 aliphatic rings. The van der Waals surface area contributed by atoms with Gasteiger partial charge >= 0.3 is 5.97 Å². The van der Waals surface area contributed by atoms with E-state index in [9.17, 15) is 9.90 Å². The summed E-state index contributed by atoms with van der Waals surface area (Å²) in [7, 11) is 1.63. The van der Waals surface area contributed by atoms with Gasteiger partial charge in [-0.15, -0.1) is 0 Å². The van der Waals surface area contributed by atoms with Gasteiger partial charge < -0.3 is 14.6 Å². The topological polar surface area (TPSA) is 55.8 Å².